The van der Waals surface area contributed by atoms with E-state index in [9.17, 15) is 4.79 Å². The minimum atomic E-state index is -0.386. The highest BCUT2D eigenvalue weighted by Crippen LogP contribution is 2.31. The Hall–Kier alpha value is -3.68. The minimum absolute atomic E-state index is 0.297. The summed E-state index contributed by atoms with van der Waals surface area (Å²) in [6, 6.07) is 10.7. The van der Waals surface area contributed by atoms with Gasteiger partial charge < -0.3 is 9.47 Å². The lowest BCUT2D eigenvalue weighted by Gasteiger charge is -2.08. The van der Waals surface area contributed by atoms with Gasteiger partial charge in [0.2, 0.25) is 0 Å². The molecule has 0 fully saturated rings. The molecule has 0 unspecified atom stereocenters. The third-order valence-corrected chi connectivity index (χ3v) is 3.93. The van der Waals surface area contributed by atoms with Gasteiger partial charge in [-0.3, -0.25) is 14.9 Å². The van der Waals surface area contributed by atoms with Gasteiger partial charge in [0.25, 0.3) is 5.91 Å². The number of carbonyl (C=O) groups is 1. The van der Waals surface area contributed by atoms with Crippen molar-refractivity contribution >= 4 is 11.6 Å². The van der Waals surface area contributed by atoms with E-state index in [1.807, 2.05) is 18.2 Å². The molecule has 2 N–H and O–H groups in total. The predicted molar refractivity (Wildman–Crippen MR) is 101 cm³/mol. The molecule has 0 saturated heterocycles. The highest BCUT2D eigenvalue weighted by atomic mass is 16.5. The SMILES string of the molecule is COc1ccc(-c2cc(C(=O)NN=C(C)c3ccncc3)[nH]n2)cc1OC. The number of amides is 1. The maximum Gasteiger partial charge on any atom is 0.289 e. The maximum atomic E-state index is 12.3. The number of aromatic amines is 1. The molecule has 3 aromatic rings. The number of H-pyrrole nitrogens is 1. The van der Waals surface area contributed by atoms with Gasteiger partial charge in [0.05, 0.1) is 25.6 Å². The molecule has 0 spiro atoms. The van der Waals surface area contributed by atoms with Crippen LogP contribution >= 0.6 is 0 Å². The number of hydrogen-bond acceptors (Lipinski definition) is 6. The van der Waals surface area contributed by atoms with Gasteiger partial charge in [-0.15, -0.1) is 0 Å². The summed E-state index contributed by atoms with van der Waals surface area (Å²) in [5.41, 5.74) is 5.76. The van der Waals surface area contributed by atoms with Crippen LogP contribution in [0, 0.1) is 0 Å². The molecule has 0 aliphatic rings. The molecule has 0 bridgehead atoms. The lowest BCUT2D eigenvalue weighted by Crippen LogP contribution is -2.19. The van der Waals surface area contributed by atoms with Gasteiger partial charge in [0.1, 0.15) is 5.69 Å². The number of rotatable bonds is 6. The monoisotopic (exact) mass is 365 g/mol. The molecular weight excluding hydrogens is 346 g/mol. The zero-order chi connectivity index (χ0) is 19.2. The summed E-state index contributed by atoms with van der Waals surface area (Å²) in [4.78, 5) is 16.3. The van der Waals surface area contributed by atoms with E-state index in [-0.39, 0.29) is 5.91 Å². The first-order chi connectivity index (χ1) is 13.1. The number of hydrazone groups is 1. The van der Waals surface area contributed by atoms with Gasteiger partial charge in [-0.05, 0) is 43.3 Å². The zero-order valence-corrected chi connectivity index (χ0v) is 15.2. The lowest BCUT2D eigenvalue weighted by atomic mass is 10.1. The van der Waals surface area contributed by atoms with Crippen molar-refractivity contribution in [1.29, 1.82) is 0 Å². The van der Waals surface area contributed by atoms with Crippen molar-refractivity contribution in [3.63, 3.8) is 0 Å². The first-order valence-corrected chi connectivity index (χ1v) is 8.15. The number of aromatic nitrogens is 3. The highest BCUT2D eigenvalue weighted by molar-refractivity contribution is 6.00. The highest BCUT2D eigenvalue weighted by Gasteiger charge is 2.13. The van der Waals surface area contributed by atoms with E-state index in [1.54, 1.807) is 51.7 Å². The van der Waals surface area contributed by atoms with Crippen LogP contribution in [0.1, 0.15) is 23.0 Å². The number of nitrogens with one attached hydrogen (secondary N) is 2. The van der Waals surface area contributed by atoms with Crippen molar-refractivity contribution < 1.29 is 14.3 Å². The molecular formula is C19H19N5O3. The van der Waals surface area contributed by atoms with E-state index >= 15 is 0 Å². The van der Waals surface area contributed by atoms with Crippen LogP contribution in [0.4, 0.5) is 0 Å². The van der Waals surface area contributed by atoms with E-state index in [0.717, 1.165) is 11.1 Å². The van der Waals surface area contributed by atoms with Crippen LogP contribution in [0.3, 0.4) is 0 Å². The van der Waals surface area contributed by atoms with Crippen molar-refractivity contribution in [3.05, 3.63) is 60.0 Å². The molecule has 138 valence electrons. The third kappa shape index (κ3) is 4.12. The Kier molecular flexibility index (Phi) is 5.46. The molecule has 27 heavy (non-hydrogen) atoms. The molecule has 2 heterocycles. The number of pyridine rings is 1. The largest absolute Gasteiger partial charge is 0.493 e. The van der Waals surface area contributed by atoms with Gasteiger partial charge in [0.15, 0.2) is 11.5 Å². The van der Waals surface area contributed by atoms with Crippen LogP contribution in [-0.2, 0) is 0 Å². The molecule has 1 aromatic carbocycles. The van der Waals surface area contributed by atoms with Crippen molar-refractivity contribution in [2.24, 2.45) is 5.10 Å². The first kappa shape index (κ1) is 18.1. The second-order valence-electron chi connectivity index (χ2n) is 5.61. The van der Waals surface area contributed by atoms with Crippen molar-refractivity contribution in [3.8, 4) is 22.8 Å². The van der Waals surface area contributed by atoms with E-state index < -0.39 is 0 Å². The van der Waals surface area contributed by atoms with Crippen molar-refractivity contribution in [2.45, 2.75) is 6.92 Å². The molecule has 0 aliphatic heterocycles. The summed E-state index contributed by atoms with van der Waals surface area (Å²) >= 11 is 0. The fraction of sp³-hybridized carbons (Fsp3) is 0.158. The van der Waals surface area contributed by atoms with Crippen LogP contribution in [-0.4, -0.2) is 41.0 Å². The average molecular weight is 365 g/mol. The molecule has 8 heteroatoms. The van der Waals surface area contributed by atoms with Crippen LogP contribution in [0.25, 0.3) is 11.3 Å². The third-order valence-electron chi connectivity index (χ3n) is 3.93. The summed E-state index contributed by atoms with van der Waals surface area (Å²) in [6.45, 7) is 1.80. The molecule has 8 nitrogen and oxygen atoms in total. The van der Waals surface area contributed by atoms with E-state index in [1.165, 1.54) is 0 Å². The smallest absolute Gasteiger partial charge is 0.289 e. The van der Waals surface area contributed by atoms with E-state index in [0.29, 0.717) is 28.6 Å². The fourth-order valence-electron chi connectivity index (χ4n) is 2.43. The quantitative estimate of drug-likeness (QED) is 0.516. The molecule has 0 radical (unpaired) electrons. The Morgan fingerprint density at radius 1 is 1.07 bits per heavy atom. The standard InChI is InChI=1S/C19H19N5O3/c1-12(13-6-8-20-9-7-13)21-24-19(25)16-11-15(22-23-16)14-4-5-17(26-2)18(10-14)27-3/h4-11H,1-3H3,(H,22,23)(H,24,25). The van der Waals surface area contributed by atoms with Gasteiger partial charge >= 0.3 is 0 Å². The molecule has 0 aliphatic carbocycles. The Bertz CT molecular complexity index is 966. The first-order valence-electron chi connectivity index (χ1n) is 8.15. The number of nitrogens with zero attached hydrogens (tertiary/aromatic N) is 3. The van der Waals surface area contributed by atoms with Crippen LogP contribution in [0.5, 0.6) is 11.5 Å². The average Bonchev–Trinajstić information content (AvgIpc) is 3.22. The fourth-order valence-corrected chi connectivity index (χ4v) is 2.43. The molecule has 0 atom stereocenters. The topological polar surface area (TPSA) is 101 Å². The Morgan fingerprint density at radius 3 is 2.52 bits per heavy atom. The number of hydrogen-bond donors (Lipinski definition) is 2. The summed E-state index contributed by atoms with van der Waals surface area (Å²) in [6.07, 6.45) is 3.33. The molecule has 3 rings (SSSR count). The van der Waals surface area contributed by atoms with Crippen LogP contribution in [0.2, 0.25) is 0 Å². The Balaban J connectivity index is 1.74. The Labute approximate surface area is 156 Å². The predicted octanol–water partition coefficient (Wildman–Crippen LogP) is 2.64. The van der Waals surface area contributed by atoms with Gasteiger partial charge in [0, 0.05) is 23.5 Å². The second kappa shape index (κ2) is 8.13. The molecule has 0 saturated carbocycles. The van der Waals surface area contributed by atoms with E-state index in [2.05, 4.69) is 25.7 Å². The number of methoxy groups -OCH3 is 2. The second-order valence-corrected chi connectivity index (χ2v) is 5.61. The zero-order valence-electron chi connectivity index (χ0n) is 15.2. The van der Waals surface area contributed by atoms with Gasteiger partial charge in [-0.1, -0.05) is 0 Å². The van der Waals surface area contributed by atoms with Gasteiger partial charge in [-0.25, -0.2) is 5.43 Å². The van der Waals surface area contributed by atoms with Crippen molar-refractivity contribution in [1.82, 2.24) is 20.6 Å². The summed E-state index contributed by atoms with van der Waals surface area (Å²) in [5.74, 6) is 0.819. The Morgan fingerprint density at radius 2 is 1.81 bits per heavy atom. The minimum Gasteiger partial charge on any atom is -0.493 e. The molecule has 2 aromatic heterocycles. The number of carbonyl (C=O) groups excluding carboxylic acids is 1. The normalized spacial score (nSPS) is 11.1. The van der Waals surface area contributed by atoms with E-state index in [4.69, 9.17) is 9.47 Å². The van der Waals surface area contributed by atoms with Gasteiger partial charge in [-0.2, -0.15) is 10.2 Å². The molecule has 1 amide bonds. The van der Waals surface area contributed by atoms with Crippen molar-refractivity contribution in [2.75, 3.05) is 14.2 Å². The van der Waals surface area contributed by atoms with Crippen LogP contribution < -0.4 is 14.9 Å². The lowest BCUT2D eigenvalue weighted by molar-refractivity contribution is 0.0950. The maximum absolute atomic E-state index is 12.3. The summed E-state index contributed by atoms with van der Waals surface area (Å²) in [5, 5.41) is 11.0. The summed E-state index contributed by atoms with van der Waals surface area (Å²) < 4.78 is 10.5. The van der Waals surface area contributed by atoms with Crippen LogP contribution in [0.15, 0.2) is 53.9 Å². The number of ether oxygens (including phenoxy) is 2. The number of benzene rings is 1. The summed E-state index contributed by atoms with van der Waals surface area (Å²) in [7, 11) is 3.14.